The number of alkyl halides is 3. The molecule has 1 fully saturated rings. The molecular formula is C33H33ClF3N5O2. The van der Waals surface area contributed by atoms with Gasteiger partial charge < -0.3 is 15.1 Å². The highest BCUT2D eigenvalue weighted by Crippen LogP contribution is 2.35. The van der Waals surface area contributed by atoms with Crippen LogP contribution in [-0.4, -0.2) is 56.7 Å². The summed E-state index contributed by atoms with van der Waals surface area (Å²) in [4.78, 5) is 30.8. The number of benzene rings is 3. The molecule has 44 heavy (non-hydrogen) atoms. The Morgan fingerprint density at radius 3 is 2.52 bits per heavy atom. The number of rotatable bonds is 8. The zero-order valence-electron chi connectivity index (χ0n) is 24.5. The zero-order valence-corrected chi connectivity index (χ0v) is 25.2. The molecule has 1 aliphatic heterocycles. The van der Waals surface area contributed by atoms with Crippen LogP contribution in [0.4, 0.5) is 24.5 Å². The first-order chi connectivity index (χ1) is 21.0. The molecule has 0 spiro atoms. The van der Waals surface area contributed by atoms with Crippen molar-refractivity contribution < 1.29 is 22.8 Å². The van der Waals surface area contributed by atoms with Crippen LogP contribution in [0.15, 0.2) is 65.8 Å². The van der Waals surface area contributed by atoms with Crippen molar-refractivity contribution in [3.05, 3.63) is 93.5 Å². The predicted molar refractivity (Wildman–Crippen MR) is 168 cm³/mol. The van der Waals surface area contributed by atoms with Crippen LogP contribution in [0.5, 0.6) is 0 Å². The number of anilines is 2. The Morgan fingerprint density at radius 2 is 1.80 bits per heavy atom. The van der Waals surface area contributed by atoms with Gasteiger partial charge in [0.2, 0.25) is 0 Å². The second-order valence-corrected chi connectivity index (χ2v) is 11.0. The number of piperidine rings is 1. The number of hydrogen-bond acceptors (Lipinski definition) is 5. The minimum atomic E-state index is -4.63. The molecule has 7 nitrogen and oxygen atoms in total. The van der Waals surface area contributed by atoms with E-state index in [0.717, 1.165) is 62.9 Å². The van der Waals surface area contributed by atoms with Crippen LogP contribution in [0.25, 0.3) is 0 Å². The Morgan fingerprint density at radius 1 is 1.02 bits per heavy atom. The van der Waals surface area contributed by atoms with E-state index in [4.69, 9.17) is 11.6 Å². The molecule has 4 rings (SSSR count). The lowest BCUT2D eigenvalue weighted by molar-refractivity contribution is -0.137. The van der Waals surface area contributed by atoms with E-state index in [1.807, 2.05) is 31.1 Å². The van der Waals surface area contributed by atoms with Crippen molar-refractivity contribution in [2.45, 2.75) is 31.9 Å². The highest BCUT2D eigenvalue weighted by atomic mass is 35.5. The van der Waals surface area contributed by atoms with Crippen molar-refractivity contribution >= 4 is 41.0 Å². The molecule has 0 unspecified atom stereocenters. The molecule has 0 atom stereocenters. The van der Waals surface area contributed by atoms with E-state index in [-0.39, 0.29) is 16.8 Å². The van der Waals surface area contributed by atoms with Crippen molar-refractivity contribution in [3.63, 3.8) is 0 Å². The van der Waals surface area contributed by atoms with E-state index >= 15 is 0 Å². The van der Waals surface area contributed by atoms with Gasteiger partial charge in [0.1, 0.15) is 0 Å². The Labute approximate surface area is 260 Å². The summed E-state index contributed by atoms with van der Waals surface area (Å²) in [5.74, 6) is 5.11. The lowest BCUT2D eigenvalue weighted by Crippen LogP contribution is -2.30. The number of amides is 2. The Bertz CT molecular complexity index is 1590. The molecule has 0 saturated carbocycles. The van der Waals surface area contributed by atoms with Crippen LogP contribution in [0.2, 0.25) is 5.02 Å². The molecule has 2 amide bonds. The SMILES string of the molecule is CN(C)CCC#Cc1cccc(C(=O)Nc2ccc(N3CCCCC3)cc2C(=O)NN=Cc2ccc(Cl)c(C(F)(F)F)c2)c1. The second-order valence-electron chi connectivity index (χ2n) is 10.6. The zero-order chi connectivity index (χ0) is 31.7. The Balaban J connectivity index is 1.55. The van der Waals surface area contributed by atoms with Gasteiger partial charge in [0.25, 0.3) is 11.8 Å². The smallest absolute Gasteiger partial charge is 0.372 e. The molecule has 0 bridgehead atoms. The standard InChI is InChI=1S/C33H33ClF3N5O2/c1-41(2)16-7-4-9-23-10-8-11-25(19-23)31(43)39-30-15-13-26(42-17-5-3-6-18-42)21-27(30)32(44)40-38-22-24-12-14-29(34)28(20-24)33(35,36)37/h8,10-15,19-22H,3,5-7,16-18H2,1-2H3,(H,39,43)(H,40,44). The molecule has 1 aliphatic rings. The summed E-state index contributed by atoms with van der Waals surface area (Å²) in [7, 11) is 3.94. The first kappa shape index (κ1) is 32.6. The highest BCUT2D eigenvalue weighted by Gasteiger charge is 2.33. The molecule has 0 radical (unpaired) electrons. The summed E-state index contributed by atoms with van der Waals surface area (Å²) in [5, 5.41) is 6.26. The maximum atomic E-state index is 13.3. The maximum absolute atomic E-state index is 13.3. The topological polar surface area (TPSA) is 77.0 Å². The van der Waals surface area contributed by atoms with Crippen molar-refractivity contribution in [1.82, 2.24) is 10.3 Å². The third-order valence-corrected chi connectivity index (χ3v) is 7.26. The van der Waals surface area contributed by atoms with Gasteiger partial charge in [-0.05, 0) is 87.5 Å². The van der Waals surface area contributed by atoms with E-state index in [9.17, 15) is 22.8 Å². The van der Waals surface area contributed by atoms with E-state index in [1.165, 1.54) is 6.07 Å². The molecule has 0 aliphatic carbocycles. The van der Waals surface area contributed by atoms with Gasteiger partial charge in [-0.1, -0.05) is 35.6 Å². The second kappa shape index (κ2) is 14.9. The van der Waals surface area contributed by atoms with E-state index in [2.05, 4.69) is 32.6 Å². The van der Waals surface area contributed by atoms with E-state index in [1.54, 1.807) is 30.3 Å². The minimum absolute atomic E-state index is 0.0994. The van der Waals surface area contributed by atoms with Crippen LogP contribution in [-0.2, 0) is 6.18 Å². The van der Waals surface area contributed by atoms with Gasteiger partial charge in [-0.15, -0.1) is 0 Å². The average molecular weight is 624 g/mol. The molecule has 230 valence electrons. The number of carbonyl (C=O) groups excluding carboxylic acids is 2. The van der Waals surface area contributed by atoms with Crippen LogP contribution in [0, 0.1) is 11.8 Å². The van der Waals surface area contributed by atoms with Crippen LogP contribution >= 0.6 is 11.6 Å². The summed E-state index contributed by atoms with van der Waals surface area (Å²) in [6, 6.07) is 15.4. The van der Waals surface area contributed by atoms with E-state index in [0.29, 0.717) is 17.5 Å². The van der Waals surface area contributed by atoms with Crippen LogP contribution in [0.1, 0.15) is 63.1 Å². The summed E-state index contributed by atoms with van der Waals surface area (Å²) >= 11 is 5.69. The number of hydrogen-bond donors (Lipinski definition) is 2. The van der Waals surface area contributed by atoms with Crippen molar-refractivity contribution in [3.8, 4) is 11.8 Å². The number of hydrazone groups is 1. The van der Waals surface area contributed by atoms with Gasteiger partial charge in [0, 0.05) is 42.9 Å². The van der Waals surface area contributed by atoms with Crippen LogP contribution in [0.3, 0.4) is 0 Å². The number of nitrogens with zero attached hydrogens (tertiary/aromatic N) is 3. The monoisotopic (exact) mass is 623 g/mol. The Hall–Kier alpha value is -4.33. The van der Waals surface area contributed by atoms with Crippen LogP contribution < -0.4 is 15.6 Å². The molecule has 1 heterocycles. The summed E-state index contributed by atoms with van der Waals surface area (Å²) in [6.45, 7) is 2.50. The lowest BCUT2D eigenvalue weighted by Gasteiger charge is -2.29. The molecule has 11 heteroatoms. The van der Waals surface area contributed by atoms with Crippen molar-refractivity contribution in [2.24, 2.45) is 5.10 Å². The van der Waals surface area contributed by atoms with Crippen molar-refractivity contribution in [1.29, 1.82) is 0 Å². The van der Waals surface area contributed by atoms with E-state index < -0.39 is 28.6 Å². The summed E-state index contributed by atoms with van der Waals surface area (Å²) in [6.07, 6.45) is 0.340. The quantitative estimate of drug-likeness (QED) is 0.167. The van der Waals surface area contributed by atoms with Gasteiger partial charge in [-0.25, -0.2) is 5.43 Å². The van der Waals surface area contributed by atoms with Gasteiger partial charge in [0.05, 0.1) is 28.1 Å². The first-order valence-corrected chi connectivity index (χ1v) is 14.5. The van der Waals surface area contributed by atoms with Crippen molar-refractivity contribution in [2.75, 3.05) is 43.9 Å². The third kappa shape index (κ3) is 9.09. The highest BCUT2D eigenvalue weighted by molar-refractivity contribution is 6.31. The fourth-order valence-corrected chi connectivity index (χ4v) is 4.85. The van der Waals surface area contributed by atoms with Gasteiger partial charge in [0.15, 0.2) is 0 Å². The average Bonchev–Trinajstić information content (AvgIpc) is 3.00. The molecule has 3 aromatic carbocycles. The molecule has 3 aromatic rings. The largest absolute Gasteiger partial charge is 0.417 e. The molecule has 2 N–H and O–H groups in total. The molecule has 0 aromatic heterocycles. The molecule has 1 saturated heterocycles. The summed E-state index contributed by atoms with van der Waals surface area (Å²) in [5.41, 5.74) is 3.78. The number of carbonyl (C=O) groups is 2. The minimum Gasteiger partial charge on any atom is -0.372 e. The predicted octanol–water partition coefficient (Wildman–Crippen LogP) is 6.67. The number of halogens is 4. The summed E-state index contributed by atoms with van der Waals surface area (Å²) < 4.78 is 39.7. The maximum Gasteiger partial charge on any atom is 0.417 e. The lowest BCUT2D eigenvalue weighted by atomic mass is 10.1. The fourth-order valence-electron chi connectivity index (χ4n) is 4.62. The first-order valence-electron chi connectivity index (χ1n) is 14.2. The Kier molecular flexibility index (Phi) is 11.0. The van der Waals surface area contributed by atoms with Gasteiger partial charge >= 0.3 is 6.18 Å². The van der Waals surface area contributed by atoms with Gasteiger partial charge in [-0.3, -0.25) is 9.59 Å². The normalized spacial score (nSPS) is 13.5. The fraction of sp³-hybridized carbons (Fsp3) is 0.303. The molecular weight excluding hydrogens is 591 g/mol. The third-order valence-electron chi connectivity index (χ3n) is 6.93. The van der Waals surface area contributed by atoms with Gasteiger partial charge in [-0.2, -0.15) is 18.3 Å². The number of nitrogens with one attached hydrogen (secondary N) is 2.